The van der Waals surface area contributed by atoms with Gasteiger partial charge in [-0.05, 0) is 28.6 Å². The van der Waals surface area contributed by atoms with E-state index in [9.17, 15) is 0 Å². The normalized spacial score (nSPS) is 10.7. The van der Waals surface area contributed by atoms with Crippen molar-refractivity contribution in [1.29, 1.82) is 0 Å². The van der Waals surface area contributed by atoms with Crippen molar-refractivity contribution in [1.82, 2.24) is 25.5 Å². The summed E-state index contributed by atoms with van der Waals surface area (Å²) in [5, 5.41) is 15.5. The van der Waals surface area contributed by atoms with Crippen molar-refractivity contribution in [2.75, 3.05) is 6.54 Å². The van der Waals surface area contributed by atoms with Gasteiger partial charge in [0.2, 0.25) is 0 Å². The molecule has 0 atom stereocenters. The third kappa shape index (κ3) is 3.01. The molecular weight excluding hydrogens is 238 g/mol. The average molecular weight is 252 g/mol. The molecule has 0 amide bonds. The SMILES string of the molecule is CCNCc1nnnn1Cc1ccccc1Cl. The molecule has 0 unspecified atom stereocenters. The first-order valence-electron chi connectivity index (χ1n) is 5.50. The number of rotatable bonds is 5. The summed E-state index contributed by atoms with van der Waals surface area (Å²) >= 11 is 6.10. The lowest BCUT2D eigenvalue weighted by Crippen LogP contribution is -2.17. The second-order valence-electron chi connectivity index (χ2n) is 3.62. The molecule has 2 rings (SSSR count). The maximum Gasteiger partial charge on any atom is 0.165 e. The van der Waals surface area contributed by atoms with Gasteiger partial charge < -0.3 is 5.32 Å². The van der Waals surface area contributed by atoms with E-state index in [1.54, 1.807) is 4.68 Å². The van der Waals surface area contributed by atoms with Crippen LogP contribution in [0.15, 0.2) is 24.3 Å². The summed E-state index contributed by atoms with van der Waals surface area (Å²) in [7, 11) is 0. The largest absolute Gasteiger partial charge is 0.310 e. The Kier molecular flexibility index (Phi) is 4.06. The quantitative estimate of drug-likeness (QED) is 0.875. The summed E-state index contributed by atoms with van der Waals surface area (Å²) in [6, 6.07) is 7.70. The van der Waals surface area contributed by atoms with Gasteiger partial charge in [0.05, 0.1) is 13.1 Å². The minimum Gasteiger partial charge on any atom is -0.310 e. The van der Waals surface area contributed by atoms with Crippen LogP contribution < -0.4 is 5.32 Å². The van der Waals surface area contributed by atoms with Crippen LogP contribution in [0.3, 0.4) is 0 Å². The molecule has 0 saturated heterocycles. The Bertz CT molecular complexity index is 482. The number of nitrogens with zero attached hydrogens (tertiary/aromatic N) is 4. The monoisotopic (exact) mass is 251 g/mol. The van der Waals surface area contributed by atoms with E-state index < -0.39 is 0 Å². The van der Waals surface area contributed by atoms with Crippen molar-refractivity contribution >= 4 is 11.6 Å². The van der Waals surface area contributed by atoms with Crippen LogP contribution in [0.1, 0.15) is 18.3 Å². The summed E-state index contributed by atoms with van der Waals surface area (Å²) in [6.07, 6.45) is 0. The number of hydrogen-bond acceptors (Lipinski definition) is 4. The van der Waals surface area contributed by atoms with E-state index in [-0.39, 0.29) is 0 Å². The van der Waals surface area contributed by atoms with Gasteiger partial charge in [0.25, 0.3) is 0 Å². The van der Waals surface area contributed by atoms with Gasteiger partial charge in [0, 0.05) is 5.02 Å². The Morgan fingerprint density at radius 2 is 2.18 bits per heavy atom. The van der Waals surface area contributed by atoms with Gasteiger partial charge in [-0.1, -0.05) is 36.7 Å². The number of aromatic nitrogens is 4. The van der Waals surface area contributed by atoms with Gasteiger partial charge in [0.15, 0.2) is 5.82 Å². The van der Waals surface area contributed by atoms with E-state index in [2.05, 4.69) is 20.8 Å². The number of hydrogen-bond donors (Lipinski definition) is 1. The fourth-order valence-electron chi connectivity index (χ4n) is 1.50. The molecule has 0 aliphatic heterocycles. The average Bonchev–Trinajstić information content (AvgIpc) is 2.77. The predicted molar refractivity (Wildman–Crippen MR) is 65.8 cm³/mol. The molecule has 0 fully saturated rings. The first-order chi connectivity index (χ1) is 8.31. The van der Waals surface area contributed by atoms with E-state index in [4.69, 9.17) is 11.6 Å². The number of benzene rings is 1. The zero-order valence-electron chi connectivity index (χ0n) is 9.60. The lowest BCUT2D eigenvalue weighted by Gasteiger charge is -2.06. The minimum absolute atomic E-state index is 0.591. The first-order valence-corrected chi connectivity index (χ1v) is 5.88. The summed E-state index contributed by atoms with van der Waals surface area (Å²) in [4.78, 5) is 0. The fourth-order valence-corrected chi connectivity index (χ4v) is 1.69. The Morgan fingerprint density at radius 3 is 2.94 bits per heavy atom. The van der Waals surface area contributed by atoms with E-state index in [0.717, 1.165) is 23.0 Å². The van der Waals surface area contributed by atoms with Crippen molar-refractivity contribution in [2.45, 2.75) is 20.0 Å². The second kappa shape index (κ2) is 5.75. The van der Waals surface area contributed by atoms with Crippen molar-refractivity contribution in [3.05, 3.63) is 40.7 Å². The molecule has 1 heterocycles. The van der Waals surface area contributed by atoms with Gasteiger partial charge in [-0.25, -0.2) is 4.68 Å². The number of nitrogens with one attached hydrogen (secondary N) is 1. The van der Waals surface area contributed by atoms with Crippen molar-refractivity contribution in [2.24, 2.45) is 0 Å². The van der Waals surface area contributed by atoms with Crippen LogP contribution in [0.4, 0.5) is 0 Å². The standard InChI is InChI=1S/C11H14ClN5/c1-2-13-7-11-14-15-16-17(11)8-9-5-3-4-6-10(9)12/h3-6,13H,2,7-8H2,1H3. The van der Waals surface area contributed by atoms with Crippen LogP contribution in [-0.4, -0.2) is 26.8 Å². The fraction of sp³-hybridized carbons (Fsp3) is 0.364. The molecule has 1 aromatic heterocycles. The second-order valence-corrected chi connectivity index (χ2v) is 4.03. The highest BCUT2D eigenvalue weighted by Crippen LogP contribution is 2.15. The maximum absolute atomic E-state index is 6.10. The van der Waals surface area contributed by atoms with E-state index in [1.165, 1.54) is 0 Å². The Hall–Kier alpha value is -1.46. The van der Waals surface area contributed by atoms with Crippen LogP contribution in [0.2, 0.25) is 5.02 Å². The smallest absolute Gasteiger partial charge is 0.165 e. The summed E-state index contributed by atoms with van der Waals surface area (Å²) < 4.78 is 1.75. The molecule has 0 aliphatic carbocycles. The molecule has 0 spiro atoms. The van der Waals surface area contributed by atoms with E-state index in [1.807, 2.05) is 31.2 Å². The molecule has 5 nitrogen and oxygen atoms in total. The zero-order valence-corrected chi connectivity index (χ0v) is 10.4. The molecule has 90 valence electrons. The van der Waals surface area contributed by atoms with Crippen molar-refractivity contribution in [3.63, 3.8) is 0 Å². The lowest BCUT2D eigenvalue weighted by molar-refractivity contribution is 0.588. The van der Waals surface area contributed by atoms with Gasteiger partial charge in [-0.2, -0.15) is 0 Å². The molecule has 2 aromatic rings. The first kappa shape index (κ1) is 12.0. The van der Waals surface area contributed by atoms with Gasteiger partial charge >= 0.3 is 0 Å². The third-order valence-electron chi connectivity index (χ3n) is 2.42. The molecule has 0 bridgehead atoms. The van der Waals surface area contributed by atoms with Crippen LogP contribution in [0, 0.1) is 0 Å². The van der Waals surface area contributed by atoms with Crippen LogP contribution in [0.5, 0.6) is 0 Å². The van der Waals surface area contributed by atoms with Crippen LogP contribution >= 0.6 is 11.6 Å². The Morgan fingerprint density at radius 1 is 1.35 bits per heavy atom. The maximum atomic E-state index is 6.10. The summed E-state index contributed by atoms with van der Waals surface area (Å²) in [5.74, 6) is 0.812. The zero-order chi connectivity index (χ0) is 12.1. The van der Waals surface area contributed by atoms with E-state index in [0.29, 0.717) is 13.1 Å². The highest BCUT2D eigenvalue weighted by atomic mass is 35.5. The Labute approximate surface area is 105 Å². The molecule has 6 heteroatoms. The summed E-state index contributed by atoms with van der Waals surface area (Å²) in [5.41, 5.74) is 1.01. The van der Waals surface area contributed by atoms with E-state index >= 15 is 0 Å². The van der Waals surface area contributed by atoms with Gasteiger partial charge in [-0.15, -0.1) is 5.10 Å². The third-order valence-corrected chi connectivity index (χ3v) is 2.79. The predicted octanol–water partition coefficient (Wildman–Crippen LogP) is 1.48. The topological polar surface area (TPSA) is 55.6 Å². The Balaban J connectivity index is 2.13. The van der Waals surface area contributed by atoms with Gasteiger partial charge in [-0.3, -0.25) is 0 Å². The van der Waals surface area contributed by atoms with Crippen LogP contribution in [-0.2, 0) is 13.1 Å². The lowest BCUT2D eigenvalue weighted by atomic mass is 10.2. The molecule has 0 radical (unpaired) electrons. The molecule has 0 aliphatic rings. The number of halogens is 1. The summed E-state index contributed by atoms with van der Waals surface area (Å²) in [6.45, 7) is 4.18. The highest BCUT2D eigenvalue weighted by molar-refractivity contribution is 6.31. The molecule has 1 N–H and O–H groups in total. The molecular formula is C11H14ClN5. The van der Waals surface area contributed by atoms with Crippen molar-refractivity contribution < 1.29 is 0 Å². The van der Waals surface area contributed by atoms with Crippen LogP contribution in [0.25, 0.3) is 0 Å². The minimum atomic E-state index is 0.591. The molecule has 1 aromatic carbocycles. The van der Waals surface area contributed by atoms with Crippen molar-refractivity contribution in [3.8, 4) is 0 Å². The highest BCUT2D eigenvalue weighted by Gasteiger charge is 2.07. The molecule has 17 heavy (non-hydrogen) atoms. The number of tetrazole rings is 1. The van der Waals surface area contributed by atoms with Gasteiger partial charge in [0.1, 0.15) is 0 Å². The molecule has 0 saturated carbocycles.